The van der Waals surface area contributed by atoms with E-state index in [0.717, 1.165) is 0 Å². The van der Waals surface area contributed by atoms with Crippen molar-refractivity contribution in [3.8, 4) is 17.2 Å². The highest BCUT2D eigenvalue weighted by Gasteiger charge is 2.49. The monoisotopic (exact) mass is 514 g/mol. The van der Waals surface area contributed by atoms with Gasteiger partial charge in [-0.15, -0.1) is 0 Å². The van der Waals surface area contributed by atoms with Crippen molar-refractivity contribution in [1.82, 2.24) is 15.0 Å². The Hall–Kier alpha value is -4.86. The Morgan fingerprint density at radius 2 is 1.79 bits per heavy atom. The lowest BCUT2D eigenvalue weighted by molar-refractivity contribution is -0.132. The summed E-state index contributed by atoms with van der Waals surface area (Å²) in [5, 5.41) is 11.4. The van der Waals surface area contributed by atoms with Gasteiger partial charge in [-0.1, -0.05) is 18.2 Å². The van der Waals surface area contributed by atoms with Gasteiger partial charge < -0.3 is 24.3 Å². The number of nitrogens with one attached hydrogen (secondary N) is 1. The lowest BCUT2D eigenvalue weighted by atomic mass is 9.98. The number of carbonyl (C=O) groups excluding carboxylic acids is 2. The Morgan fingerprint density at radius 3 is 2.47 bits per heavy atom. The number of aliphatic hydroxyl groups is 1. The number of methoxy groups -OCH3 is 2. The second-order valence-corrected chi connectivity index (χ2v) is 8.90. The lowest BCUT2D eigenvalue weighted by Gasteiger charge is -2.22. The van der Waals surface area contributed by atoms with Crippen molar-refractivity contribution in [3.05, 3.63) is 77.6 Å². The summed E-state index contributed by atoms with van der Waals surface area (Å²) in [5.74, 6) is -0.474. The number of anilines is 1. The molecular formula is C28H26N4O6. The maximum Gasteiger partial charge on any atom is 0.302 e. The molecular weight excluding hydrogens is 488 g/mol. The van der Waals surface area contributed by atoms with Crippen molar-refractivity contribution in [2.24, 2.45) is 0 Å². The van der Waals surface area contributed by atoms with E-state index in [1.54, 1.807) is 60.8 Å². The number of aliphatic hydroxyl groups excluding tert-OH is 1. The smallest absolute Gasteiger partial charge is 0.302 e. The second-order valence-electron chi connectivity index (χ2n) is 8.90. The Labute approximate surface area is 218 Å². The fourth-order valence-corrected chi connectivity index (χ4v) is 4.45. The standard InChI is InChI=1S/C28H26N4O6/c1-15(2)38-17-9-7-8-16(12-17)25(33)23-24(18-10-5-6-11-29-18)32(27(35)26(23)34)28-30-19-13-21(36-3)22(37-4)14-20(19)31-28/h5-15,24,33H,1-4H3,(H,30,31)/b25-23+. The quantitative estimate of drug-likeness (QED) is 0.211. The summed E-state index contributed by atoms with van der Waals surface area (Å²) < 4.78 is 16.5. The van der Waals surface area contributed by atoms with Crippen molar-refractivity contribution >= 4 is 34.4 Å². The molecule has 3 heterocycles. The third-order valence-electron chi connectivity index (χ3n) is 6.09. The minimum Gasteiger partial charge on any atom is -0.507 e. The fraction of sp³-hybridized carbons (Fsp3) is 0.214. The molecule has 38 heavy (non-hydrogen) atoms. The zero-order valence-corrected chi connectivity index (χ0v) is 21.3. The van der Waals surface area contributed by atoms with E-state index in [2.05, 4.69) is 15.0 Å². The van der Waals surface area contributed by atoms with Crippen LogP contribution in [0.5, 0.6) is 17.2 Å². The van der Waals surface area contributed by atoms with Crippen LogP contribution in [-0.2, 0) is 9.59 Å². The first-order valence-corrected chi connectivity index (χ1v) is 11.9. The summed E-state index contributed by atoms with van der Waals surface area (Å²) in [6, 6.07) is 14.2. The summed E-state index contributed by atoms with van der Waals surface area (Å²) in [5.41, 5.74) is 1.68. The molecule has 2 aromatic carbocycles. The highest BCUT2D eigenvalue weighted by Crippen LogP contribution is 2.42. The summed E-state index contributed by atoms with van der Waals surface area (Å²) >= 11 is 0. The van der Waals surface area contributed by atoms with Crippen LogP contribution >= 0.6 is 0 Å². The van der Waals surface area contributed by atoms with Crippen LogP contribution in [0.15, 0.2) is 66.4 Å². The zero-order chi connectivity index (χ0) is 27.0. The maximum absolute atomic E-state index is 13.4. The number of rotatable bonds is 7. The van der Waals surface area contributed by atoms with Crippen molar-refractivity contribution in [1.29, 1.82) is 0 Å². The third-order valence-corrected chi connectivity index (χ3v) is 6.09. The fourth-order valence-electron chi connectivity index (χ4n) is 4.45. The number of nitrogens with zero attached hydrogens (tertiary/aromatic N) is 3. The van der Waals surface area contributed by atoms with Crippen LogP contribution in [0.2, 0.25) is 0 Å². The van der Waals surface area contributed by atoms with Crippen LogP contribution in [-0.4, -0.2) is 52.1 Å². The SMILES string of the molecule is COc1cc2nc(N3C(=O)C(=O)/C(=C(/O)c4cccc(OC(C)C)c4)C3c3ccccn3)[nH]c2cc1OC. The van der Waals surface area contributed by atoms with Gasteiger partial charge >= 0.3 is 5.91 Å². The summed E-state index contributed by atoms with van der Waals surface area (Å²) in [6.45, 7) is 3.77. The summed E-state index contributed by atoms with van der Waals surface area (Å²) in [6.07, 6.45) is 1.47. The number of carbonyl (C=O) groups is 2. The molecule has 10 nitrogen and oxygen atoms in total. The predicted molar refractivity (Wildman–Crippen MR) is 140 cm³/mol. The first kappa shape index (κ1) is 24.8. The number of aromatic nitrogens is 3. The lowest BCUT2D eigenvalue weighted by Crippen LogP contribution is -2.30. The van der Waals surface area contributed by atoms with Gasteiger partial charge in [-0.25, -0.2) is 4.98 Å². The summed E-state index contributed by atoms with van der Waals surface area (Å²) in [4.78, 5) is 40.1. The number of fused-ring (bicyclic) bond motifs is 1. The van der Waals surface area contributed by atoms with Gasteiger partial charge in [0.25, 0.3) is 5.78 Å². The minimum absolute atomic E-state index is 0.0863. The molecule has 5 rings (SSSR count). The van der Waals surface area contributed by atoms with Crippen LogP contribution in [0, 0.1) is 0 Å². The molecule has 1 saturated heterocycles. The van der Waals surface area contributed by atoms with Crippen LogP contribution in [0.4, 0.5) is 5.95 Å². The average Bonchev–Trinajstić information content (AvgIpc) is 3.44. The van der Waals surface area contributed by atoms with Crippen LogP contribution in [0.3, 0.4) is 0 Å². The van der Waals surface area contributed by atoms with Crippen LogP contribution in [0.25, 0.3) is 16.8 Å². The molecule has 2 aromatic heterocycles. The highest BCUT2D eigenvalue weighted by atomic mass is 16.5. The second kappa shape index (κ2) is 9.89. The number of hydrogen-bond acceptors (Lipinski definition) is 8. The van der Waals surface area contributed by atoms with Crippen LogP contribution < -0.4 is 19.1 Å². The largest absolute Gasteiger partial charge is 0.507 e. The topological polar surface area (TPSA) is 127 Å². The van der Waals surface area contributed by atoms with Gasteiger partial charge in [0, 0.05) is 23.9 Å². The summed E-state index contributed by atoms with van der Waals surface area (Å²) in [7, 11) is 3.03. The van der Waals surface area contributed by atoms with Crippen molar-refractivity contribution in [2.75, 3.05) is 19.1 Å². The molecule has 1 amide bonds. The van der Waals surface area contributed by atoms with E-state index < -0.39 is 17.7 Å². The van der Waals surface area contributed by atoms with Crippen molar-refractivity contribution in [3.63, 3.8) is 0 Å². The maximum atomic E-state index is 13.4. The molecule has 1 unspecified atom stereocenters. The number of ketones is 1. The Balaban J connectivity index is 1.68. The highest BCUT2D eigenvalue weighted by molar-refractivity contribution is 6.51. The number of imidazole rings is 1. The minimum atomic E-state index is -1.03. The molecule has 194 valence electrons. The Bertz CT molecular complexity index is 1520. The van der Waals surface area contributed by atoms with Gasteiger partial charge in [-0.05, 0) is 38.1 Å². The zero-order valence-electron chi connectivity index (χ0n) is 21.3. The van der Waals surface area contributed by atoms with Gasteiger partial charge in [0.15, 0.2) is 11.5 Å². The molecule has 10 heteroatoms. The molecule has 4 aromatic rings. The number of pyridine rings is 1. The van der Waals surface area contributed by atoms with Gasteiger partial charge in [0.05, 0.1) is 42.6 Å². The van der Waals surface area contributed by atoms with E-state index in [1.807, 2.05) is 13.8 Å². The number of Topliss-reactive ketones (excluding diaryl/α,β-unsaturated/α-hetero) is 1. The first-order valence-electron chi connectivity index (χ1n) is 11.9. The number of benzene rings is 2. The normalized spacial score (nSPS) is 16.9. The number of aromatic amines is 1. The van der Waals surface area contributed by atoms with E-state index in [0.29, 0.717) is 39.5 Å². The third kappa shape index (κ3) is 4.30. The molecule has 0 spiro atoms. The number of ether oxygens (including phenoxy) is 3. The molecule has 0 saturated carbocycles. The number of hydrogen-bond donors (Lipinski definition) is 2. The average molecular weight is 515 g/mol. The molecule has 2 N–H and O–H groups in total. The molecule has 1 aliphatic rings. The van der Waals surface area contributed by atoms with E-state index in [9.17, 15) is 14.7 Å². The predicted octanol–water partition coefficient (Wildman–Crippen LogP) is 4.39. The molecule has 1 atom stereocenters. The molecule has 1 fully saturated rings. The number of H-pyrrole nitrogens is 1. The van der Waals surface area contributed by atoms with E-state index in [-0.39, 0.29) is 23.4 Å². The van der Waals surface area contributed by atoms with E-state index >= 15 is 0 Å². The van der Waals surface area contributed by atoms with Gasteiger partial charge in [0.1, 0.15) is 17.6 Å². The Morgan fingerprint density at radius 1 is 1.03 bits per heavy atom. The molecule has 0 bridgehead atoms. The van der Waals surface area contributed by atoms with E-state index in [4.69, 9.17) is 14.2 Å². The van der Waals surface area contributed by atoms with Gasteiger partial charge in [-0.2, -0.15) is 0 Å². The van der Waals surface area contributed by atoms with Crippen molar-refractivity contribution < 1.29 is 28.9 Å². The molecule has 1 aliphatic heterocycles. The van der Waals surface area contributed by atoms with Crippen molar-refractivity contribution in [2.45, 2.75) is 26.0 Å². The van der Waals surface area contributed by atoms with Crippen LogP contribution in [0.1, 0.15) is 31.1 Å². The first-order chi connectivity index (χ1) is 18.3. The molecule has 0 radical (unpaired) electrons. The van der Waals surface area contributed by atoms with E-state index in [1.165, 1.54) is 19.1 Å². The molecule has 0 aliphatic carbocycles. The number of amides is 1. The Kier molecular flexibility index (Phi) is 6.46. The van der Waals surface area contributed by atoms with Gasteiger partial charge in [-0.3, -0.25) is 19.5 Å². The van der Waals surface area contributed by atoms with Gasteiger partial charge in [0.2, 0.25) is 5.95 Å².